The van der Waals surface area contributed by atoms with E-state index in [9.17, 15) is 0 Å². The monoisotopic (exact) mass is 1810 g/mol. The van der Waals surface area contributed by atoms with Gasteiger partial charge in [0.05, 0.1) is 137 Å². The van der Waals surface area contributed by atoms with Gasteiger partial charge in [-0.1, -0.05) is 63.7 Å². The number of rotatable bonds is 23. The van der Waals surface area contributed by atoms with Crippen molar-refractivity contribution in [2.75, 3.05) is 151 Å². The van der Waals surface area contributed by atoms with Gasteiger partial charge in [0.1, 0.15) is 57.5 Å². The highest BCUT2D eigenvalue weighted by atomic mass is 32.2. The van der Waals surface area contributed by atoms with Crippen LogP contribution in [0, 0.1) is 5.41 Å². The molecule has 6 aliphatic rings. The van der Waals surface area contributed by atoms with Gasteiger partial charge in [-0.25, -0.2) is 0 Å². The van der Waals surface area contributed by atoms with E-state index in [2.05, 4.69) is 70.2 Å². The number of benzene rings is 12. The minimum atomic E-state index is -0.960. The van der Waals surface area contributed by atoms with E-state index in [1.54, 1.807) is 97.1 Å². The molecule has 0 unspecified atom stereocenters. The Hall–Kier alpha value is -11.5. The van der Waals surface area contributed by atoms with E-state index in [0.29, 0.717) is 72.0 Å². The molecule has 23 heteroatoms. The van der Waals surface area contributed by atoms with Gasteiger partial charge in [0, 0.05) is 96.2 Å². The lowest BCUT2D eigenvalue weighted by Gasteiger charge is -2.44. The summed E-state index contributed by atoms with van der Waals surface area (Å²) in [7, 11) is 19.8. The van der Waals surface area contributed by atoms with Crippen molar-refractivity contribution in [3.8, 4) is 57.5 Å². The van der Waals surface area contributed by atoms with Crippen LogP contribution in [0.2, 0.25) is 0 Å². The van der Waals surface area contributed by atoms with Gasteiger partial charge < -0.3 is 104 Å². The standard InChI is InChI=1S/C20H24O4.C19H22O4.C18H20O4.C18H18O2S.C17H18O4.C17H20O4/c1-19(2)13-23-20(24-14-19,15-5-9-17(21-3)10-6-15)16-7-11-18(22-4)12-8-16;1-20-17-9-5-15(6-10-17)19(22-13-3-4-14-23-19)16-7-11-18(21-2)12-8-16;1-19-16-8-4-14(5-9-16)18(21-12-3-13-22-18)15-6-10-17(20-2)11-7-15;1-12(2)13-7-8-17-15(11-13)18(19-9-10-20-18)14-5-3-4-6-16(14)21-17;1-18-15-7-3-13(4-8-15)17(20-11-12-21-17)14-5-9-16(19-2)10-6-14;1-18-15-9-5-13(6-10-15)17(20-3,21-4)14-7-11-16(19-2)12-8-14/h5-12H,13-14H2,1-4H3;5-12H,3-4,13-14H2,1-2H3;4-11H,3,12-13H2,1-2H3;3-8,11-12H,9-10H2,1-2H3;3-10H,11-12H2,1-2H3;5-12H,1-4H3. The molecular formula is C109H122O22S. The molecule has 0 N–H and O–H groups in total. The molecule has 6 heterocycles. The molecule has 0 amide bonds. The first kappa shape index (κ1) is 98.0. The van der Waals surface area contributed by atoms with Crippen LogP contribution < -0.4 is 47.4 Å². The molecule has 0 atom stereocenters. The highest BCUT2D eigenvalue weighted by Gasteiger charge is 2.49. The lowest BCUT2D eigenvalue weighted by atomic mass is 9.90. The molecule has 0 bridgehead atoms. The van der Waals surface area contributed by atoms with Crippen molar-refractivity contribution in [1.29, 1.82) is 0 Å². The second-order valence-corrected chi connectivity index (χ2v) is 33.6. The molecule has 5 fully saturated rings. The van der Waals surface area contributed by atoms with Gasteiger partial charge in [0.15, 0.2) is 0 Å². The Morgan fingerprint density at radius 2 is 0.485 bits per heavy atom. The molecule has 0 aromatic heterocycles. The molecule has 1 spiro atoms. The fraction of sp³-hybridized carbons (Fsp3) is 0.339. The Kier molecular flexibility index (Phi) is 34.0. The van der Waals surface area contributed by atoms with Gasteiger partial charge in [-0.3, -0.25) is 0 Å². The zero-order valence-corrected chi connectivity index (χ0v) is 79.1. The lowest BCUT2D eigenvalue weighted by molar-refractivity contribution is -0.284. The molecule has 12 aromatic carbocycles. The van der Waals surface area contributed by atoms with Crippen LogP contribution in [0.15, 0.2) is 295 Å². The minimum Gasteiger partial charge on any atom is -0.497 e. The summed E-state index contributed by atoms with van der Waals surface area (Å²) in [6, 6.07) is 92.7. The van der Waals surface area contributed by atoms with E-state index >= 15 is 0 Å². The van der Waals surface area contributed by atoms with E-state index < -0.39 is 34.7 Å². The number of hydrogen-bond acceptors (Lipinski definition) is 23. The Bertz CT molecular complexity index is 5140. The van der Waals surface area contributed by atoms with Crippen molar-refractivity contribution in [3.63, 3.8) is 0 Å². The Morgan fingerprint density at radius 1 is 0.250 bits per heavy atom. The van der Waals surface area contributed by atoms with Crippen molar-refractivity contribution >= 4 is 11.8 Å². The van der Waals surface area contributed by atoms with E-state index in [1.807, 2.05) is 243 Å². The molecule has 0 radical (unpaired) electrons. The molecule has 0 aliphatic carbocycles. The Labute approximate surface area is 780 Å². The van der Waals surface area contributed by atoms with Crippen LogP contribution in [0.4, 0.5) is 0 Å². The molecule has 696 valence electrons. The average Bonchev–Trinajstić information content (AvgIpc) is 1.42. The first-order chi connectivity index (χ1) is 64.2. The summed E-state index contributed by atoms with van der Waals surface area (Å²) < 4.78 is 125. The molecule has 22 nitrogen and oxygen atoms in total. The molecule has 6 aliphatic heterocycles. The van der Waals surface area contributed by atoms with E-state index in [-0.39, 0.29) is 5.41 Å². The van der Waals surface area contributed by atoms with Crippen molar-refractivity contribution in [2.24, 2.45) is 5.41 Å². The SMILES string of the molecule is CC(C)c1ccc2c(c1)C1(OCCO1)c1ccccc1S2.COc1ccc(C(OC)(OC)c2ccc(OC)cc2)cc1.COc1ccc(C2(c3ccc(OC)cc3)OCC(C)(C)CO2)cc1.COc1ccc(C2(c3ccc(OC)cc3)OCCCCO2)cc1.COc1ccc(C2(c3ccc(OC)cc3)OCCCO2)cc1.COc1ccc(C2(c3ccc(OC)cc3)OCCO2)cc1. The number of hydrogen-bond donors (Lipinski definition) is 0. The van der Waals surface area contributed by atoms with Crippen molar-refractivity contribution < 1.29 is 104 Å². The zero-order valence-electron chi connectivity index (χ0n) is 78.3. The van der Waals surface area contributed by atoms with Crippen LogP contribution in [0.3, 0.4) is 0 Å². The second-order valence-electron chi connectivity index (χ2n) is 32.5. The van der Waals surface area contributed by atoms with Gasteiger partial charge in [0.2, 0.25) is 34.7 Å². The van der Waals surface area contributed by atoms with Gasteiger partial charge in [-0.15, -0.1) is 0 Å². The summed E-state index contributed by atoms with van der Waals surface area (Å²) in [6.07, 6.45) is 2.89. The highest BCUT2D eigenvalue weighted by Crippen LogP contribution is 2.53. The van der Waals surface area contributed by atoms with Crippen LogP contribution in [0.5, 0.6) is 57.5 Å². The number of methoxy groups -OCH3 is 12. The maximum Gasteiger partial charge on any atom is 0.224 e. The average molecular weight is 1820 g/mol. The topological polar surface area (TPSA) is 203 Å². The lowest BCUT2D eigenvalue weighted by Crippen LogP contribution is -2.46. The third-order valence-corrected chi connectivity index (χ3v) is 24.7. The molecule has 12 aromatic rings. The maximum atomic E-state index is 6.30. The molecule has 5 saturated heterocycles. The minimum absolute atomic E-state index is 0.0115. The summed E-state index contributed by atoms with van der Waals surface area (Å²) in [4.78, 5) is 2.46. The molecular weight excluding hydrogens is 1690 g/mol. The fourth-order valence-corrected chi connectivity index (χ4v) is 17.3. The quantitative estimate of drug-likeness (QED) is 0.0546. The molecule has 132 heavy (non-hydrogen) atoms. The fourth-order valence-electron chi connectivity index (χ4n) is 16.2. The van der Waals surface area contributed by atoms with Gasteiger partial charge >= 0.3 is 0 Å². The predicted molar refractivity (Wildman–Crippen MR) is 507 cm³/mol. The highest BCUT2D eigenvalue weighted by molar-refractivity contribution is 7.99. The van der Waals surface area contributed by atoms with Crippen LogP contribution in [0.25, 0.3) is 0 Å². The van der Waals surface area contributed by atoms with Gasteiger partial charge in [-0.2, -0.15) is 0 Å². The van der Waals surface area contributed by atoms with E-state index in [0.717, 1.165) is 144 Å². The van der Waals surface area contributed by atoms with Crippen molar-refractivity contribution in [3.05, 3.63) is 357 Å². The maximum absolute atomic E-state index is 6.30. The van der Waals surface area contributed by atoms with E-state index in [1.165, 1.54) is 15.4 Å². The Balaban J connectivity index is 0.000000135. The summed E-state index contributed by atoms with van der Waals surface area (Å²) in [5.41, 5.74) is 13.0. The number of fused-ring (bicyclic) bond motifs is 4. The summed E-state index contributed by atoms with van der Waals surface area (Å²) in [6.45, 7) is 15.0. The van der Waals surface area contributed by atoms with Gasteiger partial charge in [0.25, 0.3) is 0 Å². The zero-order chi connectivity index (χ0) is 93.2. The summed E-state index contributed by atoms with van der Waals surface area (Å²) in [5, 5.41) is 0. The van der Waals surface area contributed by atoms with E-state index in [4.69, 9.17) is 104 Å². The van der Waals surface area contributed by atoms with Crippen molar-refractivity contribution in [1.82, 2.24) is 0 Å². The first-order valence-corrected chi connectivity index (χ1v) is 44.9. The third kappa shape index (κ3) is 22.2. The van der Waals surface area contributed by atoms with Gasteiger partial charge in [-0.05, 0) is 292 Å². The Morgan fingerprint density at radius 3 is 0.750 bits per heavy atom. The third-order valence-electron chi connectivity index (χ3n) is 23.5. The number of ether oxygens (including phenoxy) is 22. The first-order valence-electron chi connectivity index (χ1n) is 44.1. The smallest absolute Gasteiger partial charge is 0.224 e. The summed E-state index contributed by atoms with van der Waals surface area (Å²) >= 11 is 1.80. The van der Waals surface area contributed by atoms with Crippen LogP contribution in [-0.4, -0.2) is 151 Å². The van der Waals surface area contributed by atoms with Crippen LogP contribution >= 0.6 is 11.8 Å². The second kappa shape index (κ2) is 45.8. The summed E-state index contributed by atoms with van der Waals surface area (Å²) in [5.74, 6) is 3.37. The predicted octanol–water partition coefficient (Wildman–Crippen LogP) is 21.7. The van der Waals surface area contributed by atoms with Crippen LogP contribution in [0.1, 0.15) is 125 Å². The molecule has 18 rings (SSSR count). The molecule has 0 saturated carbocycles. The normalized spacial score (nSPS) is 16.7. The largest absolute Gasteiger partial charge is 0.497 e. The van der Waals surface area contributed by atoms with Crippen molar-refractivity contribution in [2.45, 2.75) is 97.4 Å². The van der Waals surface area contributed by atoms with Crippen LogP contribution in [-0.2, 0) is 91.6 Å².